The van der Waals surface area contributed by atoms with Crippen molar-refractivity contribution in [2.45, 2.75) is 6.04 Å². The zero-order valence-corrected chi connectivity index (χ0v) is 12.8. The van der Waals surface area contributed by atoms with Crippen molar-refractivity contribution in [1.82, 2.24) is 5.32 Å². The van der Waals surface area contributed by atoms with Crippen molar-refractivity contribution in [2.75, 3.05) is 0 Å². The van der Waals surface area contributed by atoms with Gasteiger partial charge in [0.05, 0.1) is 14.5 Å². The zero-order valence-electron chi connectivity index (χ0n) is 9.80. The molecule has 1 aromatic carbocycles. The van der Waals surface area contributed by atoms with Crippen LogP contribution in [0.4, 0.5) is 4.79 Å². The molecule has 1 aliphatic heterocycles. The van der Waals surface area contributed by atoms with Crippen molar-refractivity contribution >= 4 is 45.8 Å². The van der Waals surface area contributed by atoms with Crippen LogP contribution < -0.4 is 5.32 Å². The van der Waals surface area contributed by atoms with E-state index in [1.165, 1.54) is 0 Å². The van der Waals surface area contributed by atoms with E-state index >= 15 is 0 Å². The lowest BCUT2D eigenvalue weighted by Gasteiger charge is -2.25. The molecule has 19 heavy (non-hydrogen) atoms. The highest BCUT2D eigenvalue weighted by molar-refractivity contribution is 14.1. The molecule has 5 heteroatoms. The summed E-state index contributed by atoms with van der Waals surface area (Å²) in [6, 6.07) is 13.7. The third-order valence-electron chi connectivity index (χ3n) is 2.81. The normalized spacial score (nSPS) is 19.0. The van der Waals surface area contributed by atoms with E-state index in [1.54, 1.807) is 11.3 Å². The van der Waals surface area contributed by atoms with Crippen LogP contribution in [-0.4, -0.2) is 6.09 Å². The van der Waals surface area contributed by atoms with Crippen molar-refractivity contribution in [1.29, 1.82) is 0 Å². The maximum Gasteiger partial charge on any atom is 0.413 e. The van der Waals surface area contributed by atoms with E-state index in [2.05, 4.69) is 27.9 Å². The molecule has 96 valence electrons. The highest BCUT2D eigenvalue weighted by Crippen LogP contribution is 2.38. The summed E-state index contributed by atoms with van der Waals surface area (Å²) < 4.78 is 6.32. The molecule has 0 aliphatic carbocycles. The first-order valence-corrected chi connectivity index (χ1v) is 7.68. The van der Waals surface area contributed by atoms with Gasteiger partial charge in [0.2, 0.25) is 0 Å². The van der Waals surface area contributed by atoms with Gasteiger partial charge in [0.25, 0.3) is 0 Å². The van der Waals surface area contributed by atoms with Crippen molar-refractivity contribution in [3.05, 3.63) is 61.9 Å². The molecule has 3 rings (SSSR count). The van der Waals surface area contributed by atoms with Gasteiger partial charge in [-0.05, 0) is 39.6 Å². The van der Waals surface area contributed by atoms with Gasteiger partial charge in [-0.1, -0.05) is 36.4 Å². The van der Waals surface area contributed by atoms with Crippen molar-refractivity contribution in [3.8, 4) is 0 Å². The van der Waals surface area contributed by atoms with Gasteiger partial charge in [-0.2, -0.15) is 0 Å². The van der Waals surface area contributed by atoms with Gasteiger partial charge in [-0.15, -0.1) is 11.3 Å². The Bertz CT molecular complexity index is 622. The highest BCUT2D eigenvalue weighted by atomic mass is 127. The maximum atomic E-state index is 11.7. The largest absolute Gasteiger partial charge is 0.413 e. The molecular formula is C14H10INO2S. The number of ether oxygens (including phenoxy) is 1. The number of carbonyl (C=O) groups excluding carboxylic acids is 1. The summed E-state index contributed by atoms with van der Waals surface area (Å²) >= 11 is 3.81. The second-order valence-electron chi connectivity index (χ2n) is 4.03. The second-order valence-corrected chi connectivity index (χ2v) is 6.14. The van der Waals surface area contributed by atoms with Crippen LogP contribution in [0.3, 0.4) is 0 Å². The quantitative estimate of drug-likeness (QED) is 0.784. The first kappa shape index (κ1) is 12.7. The predicted molar refractivity (Wildman–Crippen MR) is 84.1 cm³/mol. The summed E-state index contributed by atoms with van der Waals surface area (Å²) in [5, 5.41) is 4.82. The Kier molecular flexibility index (Phi) is 3.56. The van der Waals surface area contributed by atoms with Gasteiger partial charge in [0.15, 0.2) is 5.76 Å². The Balaban J connectivity index is 2.06. The standard InChI is InChI=1S/C14H10INO2S/c15-11-12(9-5-2-1-3-6-9)16-14(17)18-13(11)10-7-4-8-19-10/h1-8,12H,(H,16,17)/t12-/m0/s1. The van der Waals surface area contributed by atoms with Crippen LogP contribution in [0.15, 0.2) is 51.4 Å². The lowest BCUT2D eigenvalue weighted by atomic mass is 10.1. The molecule has 1 aliphatic rings. The summed E-state index contributed by atoms with van der Waals surface area (Å²) in [4.78, 5) is 12.7. The number of benzene rings is 1. The van der Waals surface area contributed by atoms with Crippen molar-refractivity contribution in [3.63, 3.8) is 0 Å². The fourth-order valence-corrected chi connectivity index (χ4v) is 3.75. The van der Waals surface area contributed by atoms with Crippen LogP contribution in [-0.2, 0) is 4.74 Å². The molecule has 2 heterocycles. The third-order valence-corrected chi connectivity index (χ3v) is 4.79. The maximum absolute atomic E-state index is 11.7. The highest BCUT2D eigenvalue weighted by Gasteiger charge is 2.29. The van der Waals surface area contributed by atoms with Crippen LogP contribution in [0.25, 0.3) is 5.76 Å². The molecule has 3 nitrogen and oxygen atoms in total. The van der Waals surface area contributed by atoms with E-state index < -0.39 is 6.09 Å². The monoisotopic (exact) mass is 383 g/mol. The van der Waals surface area contributed by atoms with Crippen LogP contribution >= 0.6 is 33.9 Å². The first-order valence-electron chi connectivity index (χ1n) is 5.72. The van der Waals surface area contributed by atoms with Crippen LogP contribution in [0, 0.1) is 0 Å². The van der Waals surface area contributed by atoms with E-state index in [9.17, 15) is 4.79 Å². The number of cyclic esters (lactones) is 1. The molecule has 2 aromatic rings. The molecule has 0 spiro atoms. The number of hydrogen-bond acceptors (Lipinski definition) is 3. The molecule has 0 saturated heterocycles. The number of thiophene rings is 1. The van der Waals surface area contributed by atoms with Crippen molar-refractivity contribution in [2.24, 2.45) is 0 Å². The molecule has 0 unspecified atom stereocenters. The minimum absolute atomic E-state index is 0.139. The Morgan fingerprint density at radius 2 is 1.95 bits per heavy atom. The van der Waals surface area contributed by atoms with Crippen LogP contribution in [0.5, 0.6) is 0 Å². The lowest BCUT2D eigenvalue weighted by Crippen LogP contribution is -2.33. The van der Waals surface area contributed by atoms with Crippen LogP contribution in [0.2, 0.25) is 0 Å². The number of amides is 1. The smallest absolute Gasteiger partial charge is 0.408 e. The fraction of sp³-hybridized carbons (Fsp3) is 0.0714. The van der Waals surface area contributed by atoms with E-state index in [0.717, 1.165) is 14.0 Å². The van der Waals surface area contributed by atoms with Gasteiger partial charge in [0.1, 0.15) is 0 Å². The number of nitrogens with one attached hydrogen (secondary N) is 1. The molecule has 0 saturated carbocycles. The summed E-state index contributed by atoms with van der Waals surface area (Å²) in [6.07, 6.45) is -0.405. The average Bonchev–Trinajstić information content (AvgIpc) is 2.96. The SMILES string of the molecule is O=C1N[C@@H](c2ccccc2)C(I)=C(c2cccs2)O1. The Hall–Kier alpha value is -1.34. The Morgan fingerprint density at radius 3 is 2.63 bits per heavy atom. The second kappa shape index (κ2) is 5.34. The molecule has 0 bridgehead atoms. The van der Waals surface area contributed by atoms with E-state index in [0.29, 0.717) is 5.76 Å². The number of halogens is 1. The summed E-state index contributed by atoms with van der Waals surface area (Å²) in [7, 11) is 0. The van der Waals surface area contributed by atoms with E-state index in [1.807, 2.05) is 47.8 Å². The number of hydrogen-bond donors (Lipinski definition) is 1. The Labute approximate surface area is 128 Å². The van der Waals surface area contributed by atoms with E-state index in [4.69, 9.17) is 4.74 Å². The zero-order chi connectivity index (χ0) is 13.2. The van der Waals surface area contributed by atoms with Gasteiger partial charge in [-0.25, -0.2) is 4.79 Å². The van der Waals surface area contributed by atoms with Gasteiger partial charge in [0, 0.05) is 0 Å². The molecule has 0 fully saturated rings. The van der Waals surface area contributed by atoms with E-state index in [-0.39, 0.29) is 6.04 Å². The summed E-state index contributed by atoms with van der Waals surface area (Å²) in [5.41, 5.74) is 1.05. The van der Waals surface area contributed by atoms with Gasteiger partial charge >= 0.3 is 6.09 Å². The Morgan fingerprint density at radius 1 is 1.16 bits per heavy atom. The molecule has 0 radical (unpaired) electrons. The lowest BCUT2D eigenvalue weighted by molar-refractivity contribution is 0.184. The van der Waals surface area contributed by atoms with Gasteiger partial charge in [-0.3, -0.25) is 0 Å². The predicted octanol–water partition coefficient (Wildman–Crippen LogP) is 4.33. The minimum Gasteiger partial charge on any atom is -0.408 e. The number of carbonyl (C=O) groups is 1. The summed E-state index contributed by atoms with van der Waals surface area (Å²) in [5.74, 6) is 0.660. The molecule has 1 atom stereocenters. The first-order chi connectivity index (χ1) is 9.25. The van der Waals surface area contributed by atoms with Crippen LogP contribution in [0.1, 0.15) is 16.5 Å². The topological polar surface area (TPSA) is 38.3 Å². The molecule has 1 aromatic heterocycles. The number of rotatable bonds is 2. The molecular weight excluding hydrogens is 373 g/mol. The fourth-order valence-electron chi connectivity index (χ4n) is 1.93. The third kappa shape index (κ3) is 2.52. The van der Waals surface area contributed by atoms with Gasteiger partial charge < -0.3 is 10.1 Å². The minimum atomic E-state index is -0.405. The average molecular weight is 383 g/mol. The summed E-state index contributed by atoms with van der Waals surface area (Å²) in [6.45, 7) is 0. The molecule has 1 amide bonds. The van der Waals surface area contributed by atoms with Crippen molar-refractivity contribution < 1.29 is 9.53 Å². The molecule has 1 N–H and O–H groups in total. The number of alkyl carbamates (subject to hydrolysis) is 1.